The van der Waals surface area contributed by atoms with Gasteiger partial charge in [-0.05, 0) is 12.1 Å². The molecule has 1 aromatic heterocycles. The summed E-state index contributed by atoms with van der Waals surface area (Å²) in [7, 11) is 3.85. The van der Waals surface area contributed by atoms with E-state index in [1.807, 2.05) is 31.1 Å². The molecule has 0 aliphatic rings. The summed E-state index contributed by atoms with van der Waals surface area (Å²) in [6.07, 6.45) is 0.399. The largest absolute Gasteiger partial charge is 0.397 e. The molecule has 6 nitrogen and oxygen atoms in total. The predicted octanol–water partition coefficient (Wildman–Crippen LogP) is 2.31. The maximum absolute atomic E-state index is 11.8. The Morgan fingerprint density at radius 1 is 1.38 bits per heavy atom. The van der Waals surface area contributed by atoms with Crippen molar-refractivity contribution in [2.24, 2.45) is 0 Å². The molecule has 21 heavy (non-hydrogen) atoms. The molecule has 0 bridgehead atoms. The van der Waals surface area contributed by atoms with Crippen molar-refractivity contribution in [3.63, 3.8) is 0 Å². The molecule has 0 aliphatic heterocycles. The van der Waals surface area contributed by atoms with Gasteiger partial charge in [-0.15, -0.1) is 10.2 Å². The number of carbonyl (C=O) groups excluding carboxylic acids is 1. The number of nitrogens with two attached hydrogens (primary N) is 1. The second kappa shape index (κ2) is 7.28. The Morgan fingerprint density at radius 2 is 2.14 bits per heavy atom. The first kappa shape index (κ1) is 15.6. The lowest BCUT2D eigenvalue weighted by molar-refractivity contribution is -0.115. The lowest BCUT2D eigenvalue weighted by Crippen LogP contribution is -2.13. The summed E-state index contributed by atoms with van der Waals surface area (Å²) in [6, 6.07) is 7.21. The number of rotatable bonds is 6. The third-order valence-corrected chi connectivity index (χ3v) is 4.79. The average Bonchev–Trinajstić information content (AvgIpc) is 2.90. The Labute approximate surface area is 131 Å². The van der Waals surface area contributed by atoms with E-state index in [0.717, 1.165) is 9.47 Å². The van der Waals surface area contributed by atoms with Gasteiger partial charge in [0.15, 0.2) is 4.34 Å². The molecule has 0 spiro atoms. The quantitative estimate of drug-likeness (QED) is 0.627. The standard InChI is InChI=1S/C13H17N5OS2/c1-18(2)12-16-17-13(21-12)20-8-7-11(19)15-10-6-4-3-5-9(10)14/h3-6H,7-8,14H2,1-2H3,(H,15,19). The Balaban J connectivity index is 1.78. The molecule has 0 saturated heterocycles. The molecule has 3 N–H and O–H groups in total. The topological polar surface area (TPSA) is 84.1 Å². The molecule has 112 valence electrons. The van der Waals surface area contributed by atoms with Gasteiger partial charge in [0.05, 0.1) is 11.4 Å². The number of benzene rings is 1. The SMILES string of the molecule is CN(C)c1nnc(SCCC(=O)Nc2ccccc2N)s1. The van der Waals surface area contributed by atoms with Crippen molar-refractivity contribution < 1.29 is 4.79 Å². The number of nitrogen functional groups attached to an aromatic ring is 1. The maximum Gasteiger partial charge on any atom is 0.225 e. The normalized spacial score (nSPS) is 10.4. The Kier molecular flexibility index (Phi) is 5.40. The smallest absolute Gasteiger partial charge is 0.225 e. The zero-order valence-corrected chi connectivity index (χ0v) is 13.5. The number of nitrogens with one attached hydrogen (secondary N) is 1. The van der Waals surface area contributed by atoms with E-state index in [4.69, 9.17) is 5.73 Å². The molecule has 8 heteroatoms. The number of para-hydroxylation sites is 2. The molecular formula is C13H17N5OS2. The van der Waals surface area contributed by atoms with Crippen LogP contribution in [0.3, 0.4) is 0 Å². The van der Waals surface area contributed by atoms with E-state index in [2.05, 4.69) is 15.5 Å². The molecule has 0 saturated carbocycles. The van der Waals surface area contributed by atoms with Crippen molar-refractivity contribution in [1.29, 1.82) is 0 Å². The van der Waals surface area contributed by atoms with E-state index < -0.39 is 0 Å². The molecule has 2 aromatic rings. The zero-order valence-electron chi connectivity index (χ0n) is 11.9. The number of carbonyl (C=O) groups is 1. The molecule has 1 aromatic carbocycles. The Bertz CT molecular complexity index is 614. The number of anilines is 3. The van der Waals surface area contributed by atoms with Gasteiger partial charge in [-0.1, -0.05) is 35.2 Å². The fraction of sp³-hybridized carbons (Fsp3) is 0.308. The minimum Gasteiger partial charge on any atom is -0.397 e. The van der Waals surface area contributed by atoms with Gasteiger partial charge in [0.2, 0.25) is 11.0 Å². The highest BCUT2D eigenvalue weighted by atomic mass is 32.2. The second-order valence-corrected chi connectivity index (χ2v) is 6.78. The number of nitrogens with zero attached hydrogens (tertiary/aromatic N) is 3. The molecule has 2 rings (SSSR count). The van der Waals surface area contributed by atoms with Crippen molar-refractivity contribution in [2.45, 2.75) is 10.8 Å². The van der Waals surface area contributed by atoms with E-state index in [1.54, 1.807) is 12.1 Å². The third-order valence-electron chi connectivity index (χ3n) is 2.57. The molecule has 0 aliphatic carbocycles. The number of aromatic nitrogens is 2. The first-order chi connectivity index (χ1) is 10.1. The van der Waals surface area contributed by atoms with Crippen LogP contribution in [0, 0.1) is 0 Å². The van der Waals surface area contributed by atoms with Gasteiger partial charge >= 0.3 is 0 Å². The maximum atomic E-state index is 11.8. The second-order valence-electron chi connectivity index (χ2n) is 4.48. The van der Waals surface area contributed by atoms with Gasteiger partial charge in [-0.3, -0.25) is 4.79 Å². The first-order valence-corrected chi connectivity index (χ1v) is 8.14. The number of amides is 1. The summed E-state index contributed by atoms with van der Waals surface area (Å²) in [5.74, 6) is 0.596. The lowest BCUT2D eigenvalue weighted by Gasteiger charge is -2.07. The Morgan fingerprint density at radius 3 is 2.81 bits per heavy atom. The average molecular weight is 323 g/mol. The minimum absolute atomic E-state index is 0.0576. The van der Waals surface area contributed by atoms with E-state index in [1.165, 1.54) is 23.1 Å². The highest BCUT2D eigenvalue weighted by Crippen LogP contribution is 2.27. The monoisotopic (exact) mass is 323 g/mol. The number of hydrogen-bond donors (Lipinski definition) is 2. The highest BCUT2D eigenvalue weighted by molar-refractivity contribution is 8.01. The van der Waals surface area contributed by atoms with Crippen LogP contribution in [0.2, 0.25) is 0 Å². The van der Waals surface area contributed by atoms with E-state index in [9.17, 15) is 4.79 Å². The number of hydrogen-bond acceptors (Lipinski definition) is 7. The van der Waals surface area contributed by atoms with E-state index in [0.29, 0.717) is 23.5 Å². The van der Waals surface area contributed by atoms with Crippen LogP contribution in [-0.2, 0) is 4.79 Å². The van der Waals surface area contributed by atoms with Crippen molar-refractivity contribution in [3.05, 3.63) is 24.3 Å². The lowest BCUT2D eigenvalue weighted by atomic mass is 10.2. The van der Waals surface area contributed by atoms with Crippen molar-refractivity contribution in [3.8, 4) is 0 Å². The van der Waals surface area contributed by atoms with Crippen LogP contribution in [0.25, 0.3) is 0 Å². The van der Waals surface area contributed by atoms with Crippen molar-refractivity contribution in [1.82, 2.24) is 10.2 Å². The fourth-order valence-electron chi connectivity index (χ4n) is 1.50. The molecule has 0 atom stereocenters. The first-order valence-electron chi connectivity index (χ1n) is 6.34. The third kappa shape index (κ3) is 4.61. The van der Waals surface area contributed by atoms with Crippen LogP contribution in [0.5, 0.6) is 0 Å². The molecule has 1 amide bonds. The summed E-state index contributed by atoms with van der Waals surface area (Å²) in [5, 5.41) is 11.8. The molecule has 0 radical (unpaired) electrons. The summed E-state index contributed by atoms with van der Waals surface area (Å²) in [5.41, 5.74) is 7.00. The molecule has 0 fully saturated rings. The summed E-state index contributed by atoms with van der Waals surface area (Å²) in [6.45, 7) is 0. The van der Waals surface area contributed by atoms with Crippen molar-refractivity contribution >= 4 is 45.5 Å². The van der Waals surface area contributed by atoms with Gasteiger partial charge < -0.3 is 16.0 Å². The molecule has 0 unspecified atom stereocenters. The van der Waals surface area contributed by atoms with Crippen LogP contribution < -0.4 is 16.0 Å². The van der Waals surface area contributed by atoms with E-state index in [-0.39, 0.29) is 5.91 Å². The van der Waals surface area contributed by atoms with Crippen LogP contribution in [0.15, 0.2) is 28.6 Å². The summed E-state index contributed by atoms with van der Waals surface area (Å²) in [4.78, 5) is 13.8. The zero-order chi connectivity index (χ0) is 15.2. The van der Waals surface area contributed by atoms with Crippen LogP contribution in [0.1, 0.15) is 6.42 Å². The van der Waals surface area contributed by atoms with Gasteiger partial charge in [-0.2, -0.15) is 0 Å². The van der Waals surface area contributed by atoms with Gasteiger partial charge in [0.1, 0.15) is 0 Å². The molecular weight excluding hydrogens is 306 g/mol. The van der Waals surface area contributed by atoms with Crippen molar-refractivity contribution in [2.75, 3.05) is 35.8 Å². The van der Waals surface area contributed by atoms with Crippen LogP contribution in [-0.4, -0.2) is 36.0 Å². The predicted molar refractivity (Wildman–Crippen MR) is 89.1 cm³/mol. The molecule has 1 heterocycles. The summed E-state index contributed by atoms with van der Waals surface area (Å²) < 4.78 is 0.866. The van der Waals surface area contributed by atoms with Gasteiger partial charge in [0.25, 0.3) is 0 Å². The van der Waals surface area contributed by atoms with E-state index >= 15 is 0 Å². The summed E-state index contributed by atoms with van der Waals surface area (Å²) >= 11 is 3.04. The highest BCUT2D eigenvalue weighted by Gasteiger charge is 2.08. The van der Waals surface area contributed by atoms with Gasteiger partial charge in [0, 0.05) is 26.3 Å². The Hall–Kier alpha value is -1.80. The fourth-order valence-corrected chi connectivity index (χ4v) is 3.27. The minimum atomic E-state index is -0.0576. The number of thioether (sulfide) groups is 1. The van der Waals surface area contributed by atoms with Gasteiger partial charge in [-0.25, -0.2) is 0 Å². The van der Waals surface area contributed by atoms with Crippen LogP contribution >= 0.6 is 23.1 Å². The van der Waals surface area contributed by atoms with Crippen LogP contribution in [0.4, 0.5) is 16.5 Å².